The molecule has 3 heterocycles. The predicted molar refractivity (Wildman–Crippen MR) is 120 cm³/mol. The molecule has 0 bridgehead atoms. The van der Waals surface area contributed by atoms with Gasteiger partial charge >= 0.3 is 0 Å². The first-order valence-corrected chi connectivity index (χ1v) is 11.4. The van der Waals surface area contributed by atoms with Crippen LogP contribution in [0.5, 0.6) is 0 Å². The van der Waals surface area contributed by atoms with Crippen molar-refractivity contribution in [3.63, 3.8) is 0 Å². The fourth-order valence-corrected chi connectivity index (χ4v) is 4.89. The Morgan fingerprint density at radius 3 is 2.85 bits per heavy atom. The lowest BCUT2D eigenvalue weighted by Gasteiger charge is -2.26. The molecule has 1 amide bonds. The van der Waals surface area contributed by atoms with Gasteiger partial charge in [-0.05, 0) is 31.9 Å². The van der Waals surface area contributed by atoms with Crippen molar-refractivity contribution in [1.82, 2.24) is 15.2 Å². The maximum atomic E-state index is 14.0. The number of ether oxygens (including phenoxy) is 2. The Morgan fingerprint density at radius 1 is 1.36 bits per heavy atom. The van der Waals surface area contributed by atoms with E-state index in [1.807, 2.05) is 6.92 Å². The van der Waals surface area contributed by atoms with E-state index in [0.29, 0.717) is 17.8 Å². The van der Waals surface area contributed by atoms with Gasteiger partial charge in [0.15, 0.2) is 0 Å². The normalized spacial score (nSPS) is 23.3. The van der Waals surface area contributed by atoms with Crippen LogP contribution >= 0.6 is 11.3 Å². The van der Waals surface area contributed by atoms with Gasteiger partial charge < -0.3 is 20.5 Å². The number of nitrogens with two attached hydrogens (primary N) is 1. The largest absolute Gasteiger partial charge is 0.377 e. The number of hydrogen-bond donors (Lipinski definition) is 3. The highest BCUT2D eigenvalue weighted by atomic mass is 32.1. The number of nitrogens with one attached hydrogen (secondary N) is 2. The average molecular weight is 478 g/mol. The highest BCUT2D eigenvalue weighted by molar-refractivity contribution is 7.13. The van der Waals surface area contributed by atoms with Crippen LogP contribution in [0.4, 0.5) is 14.5 Å². The Balaban J connectivity index is 1.45. The summed E-state index contributed by atoms with van der Waals surface area (Å²) < 4.78 is 39.7. The van der Waals surface area contributed by atoms with Gasteiger partial charge in [-0.15, -0.1) is 11.3 Å². The highest BCUT2D eigenvalue weighted by Gasteiger charge is 2.32. The van der Waals surface area contributed by atoms with Crippen molar-refractivity contribution in [1.29, 1.82) is 0 Å². The summed E-state index contributed by atoms with van der Waals surface area (Å²) in [6, 6.07) is 3.46. The number of methoxy groups -OCH3 is 1. The van der Waals surface area contributed by atoms with Crippen LogP contribution in [0.25, 0.3) is 10.6 Å². The van der Waals surface area contributed by atoms with E-state index in [1.165, 1.54) is 17.6 Å². The molecule has 1 fully saturated rings. The first kappa shape index (κ1) is 23.4. The first-order chi connectivity index (χ1) is 15.9. The second-order valence-corrected chi connectivity index (χ2v) is 8.82. The summed E-state index contributed by atoms with van der Waals surface area (Å²) in [7, 11) is 1.62. The quantitative estimate of drug-likeness (QED) is 0.501. The Labute approximate surface area is 193 Å². The second kappa shape index (κ2) is 10.0. The van der Waals surface area contributed by atoms with E-state index < -0.39 is 17.5 Å². The van der Waals surface area contributed by atoms with Crippen LogP contribution in [0.15, 0.2) is 29.8 Å². The van der Waals surface area contributed by atoms with Gasteiger partial charge in [-0.2, -0.15) is 5.10 Å². The Hall–Kier alpha value is -2.73. The average Bonchev–Trinajstić information content (AvgIpc) is 3.39. The summed E-state index contributed by atoms with van der Waals surface area (Å²) in [6.07, 6.45) is 2.99. The summed E-state index contributed by atoms with van der Waals surface area (Å²) in [5.74, 6) is -1.98. The number of amides is 1. The molecular weight excluding hydrogens is 452 g/mol. The van der Waals surface area contributed by atoms with Crippen LogP contribution in [0.1, 0.15) is 35.9 Å². The number of hydrogen-bond acceptors (Lipinski definition) is 7. The molecule has 0 spiro atoms. The van der Waals surface area contributed by atoms with Crippen molar-refractivity contribution >= 4 is 22.9 Å². The van der Waals surface area contributed by atoms with Gasteiger partial charge in [-0.3, -0.25) is 9.89 Å². The number of halogens is 2. The van der Waals surface area contributed by atoms with E-state index in [0.717, 1.165) is 36.3 Å². The Bertz CT molecular complexity index is 1100. The number of carbonyl (C=O) groups excluding carboxylic acids is 1. The van der Waals surface area contributed by atoms with Crippen molar-refractivity contribution in [2.45, 2.75) is 50.5 Å². The Morgan fingerprint density at radius 2 is 2.12 bits per heavy atom. The van der Waals surface area contributed by atoms with Gasteiger partial charge in [0, 0.05) is 25.0 Å². The third kappa shape index (κ3) is 5.11. The smallest absolute Gasteiger partial charge is 0.275 e. The van der Waals surface area contributed by atoms with Crippen LogP contribution in [-0.4, -0.2) is 52.6 Å². The first-order valence-electron chi connectivity index (χ1n) is 10.5. The van der Waals surface area contributed by atoms with E-state index in [9.17, 15) is 13.6 Å². The van der Waals surface area contributed by atoms with Gasteiger partial charge in [0.1, 0.15) is 22.3 Å². The van der Waals surface area contributed by atoms with E-state index in [-0.39, 0.29) is 40.6 Å². The molecule has 176 valence electrons. The van der Waals surface area contributed by atoms with Crippen LogP contribution in [0, 0.1) is 11.6 Å². The zero-order chi connectivity index (χ0) is 23.5. The van der Waals surface area contributed by atoms with Crippen molar-refractivity contribution in [2.75, 3.05) is 12.4 Å². The van der Waals surface area contributed by atoms with Crippen molar-refractivity contribution in [3.8, 4) is 10.6 Å². The summed E-state index contributed by atoms with van der Waals surface area (Å²) in [5.41, 5.74) is 7.19. The SMILES string of the molecule is CO[C@H]1[C@H](N)CC[C@@H](Cc2[nH]ncc2NC(=O)c2csc(-c3c(F)cccc3F)n2)O[C@@H]1C. The third-order valence-electron chi connectivity index (χ3n) is 5.70. The fourth-order valence-electron chi connectivity index (χ4n) is 4.04. The lowest BCUT2D eigenvalue weighted by Crippen LogP contribution is -2.42. The van der Waals surface area contributed by atoms with Crippen molar-refractivity contribution in [3.05, 3.63) is 52.8 Å². The maximum absolute atomic E-state index is 14.0. The number of thiazole rings is 1. The van der Waals surface area contributed by atoms with E-state index in [2.05, 4.69) is 20.5 Å². The molecule has 11 heteroatoms. The molecule has 0 saturated carbocycles. The lowest BCUT2D eigenvalue weighted by atomic mass is 10.0. The minimum Gasteiger partial charge on any atom is -0.377 e. The van der Waals surface area contributed by atoms with Gasteiger partial charge in [-0.25, -0.2) is 13.8 Å². The van der Waals surface area contributed by atoms with Gasteiger partial charge in [0.25, 0.3) is 5.91 Å². The highest BCUT2D eigenvalue weighted by Crippen LogP contribution is 2.29. The predicted octanol–water partition coefficient (Wildman–Crippen LogP) is 3.52. The molecule has 1 aromatic carbocycles. The summed E-state index contributed by atoms with van der Waals surface area (Å²) in [5, 5.41) is 11.3. The minimum absolute atomic E-state index is 0.0538. The van der Waals surface area contributed by atoms with E-state index in [4.69, 9.17) is 15.2 Å². The molecule has 2 aromatic heterocycles. The number of rotatable bonds is 6. The van der Waals surface area contributed by atoms with E-state index >= 15 is 0 Å². The zero-order valence-corrected chi connectivity index (χ0v) is 19.0. The molecule has 4 N–H and O–H groups in total. The second-order valence-electron chi connectivity index (χ2n) is 7.96. The van der Waals surface area contributed by atoms with Crippen molar-refractivity contribution < 1.29 is 23.0 Å². The Kier molecular flexibility index (Phi) is 7.13. The number of aromatic amines is 1. The van der Waals surface area contributed by atoms with Gasteiger partial charge in [-0.1, -0.05) is 6.07 Å². The van der Waals surface area contributed by atoms with Gasteiger partial charge in [0.2, 0.25) is 0 Å². The number of nitrogens with zero attached hydrogens (tertiary/aromatic N) is 2. The molecule has 1 aliphatic heterocycles. The molecule has 0 radical (unpaired) electrons. The van der Waals surface area contributed by atoms with Crippen LogP contribution in [0.2, 0.25) is 0 Å². The molecule has 3 aromatic rings. The molecule has 4 rings (SSSR count). The number of H-pyrrole nitrogens is 1. The molecule has 33 heavy (non-hydrogen) atoms. The maximum Gasteiger partial charge on any atom is 0.275 e. The zero-order valence-electron chi connectivity index (χ0n) is 18.2. The molecule has 8 nitrogen and oxygen atoms in total. The molecular formula is C22H25F2N5O3S. The van der Waals surface area contributed by atoms with Crippen molar-refractivity contribution in [2.24, 2.45) is 5.73 Å². The monoisotopic (exact) mass is 477 g/mol. The number of carbonyl (C=O) groups is 1. The molecule has 1 aliphatic rings. The summed E-state index contributed by atoms with van der Waals surface area (Å²) in [6.45, 7) is 1.93. The minimum atomic E-state index is -0.735. The third-order valence-corrected chi connectivity index (χ3v) is 6.56. The summed E-state index contributed by atoms with van der Waals surface area (Å²) in [4.78, 5) is 16.9. The van der Waals surface area contributed by atoms with Crippen LogP contribution in [-0.2, 0) is 15.9 Å². The molecule has 4 atom stereocenters. The summed E-state index contributed by atoms with van der Waals surface area (Å²) >= 11 is 0.991. The number of aromatic nitrogens is 3. The standard InChI is InChI=1S/C22H25F2N5O3S/c1-11-20(31-2)15(25)7-6-12(32-11)8-16-17(9-26-29-16)27-21(30)18-10-33-22(28-18)19-13(23)4-3-5-14(19)24/h3-5,9-12,15,20H,6-8,25H2,1-2H3,(H,26,29)(H,27,30)/t11-,12+,15-,20-/m1/s1. The number of anilines is 1. The van der Waals surface area contributed by atoms with Crippen LogP contribution in [0.3, 0.4) is 0 Å². The lowest BCUT2D eigenvalue weighted by molar-refractivity contribution is -0.0725. The van der Waals surface area contributed by atoms with Crippen LogP contribution < -0.4 is 11.1 Å². The van der Waals surface area contributed by atoms with E-state index in [1.54, 1.807) is 7.11 Å². The topological polar surface area (TPSA) is 115 Å². The molecule has 1 saturated heterocycles. The molecule has 0 unspecified atom stereocenters. The molecule has 0 aliphatic carbocycles. The number of benzene rings is 1. The van der Waals surface area contributed by atoms with Gasteiger partial charge in [0.05, 0.1) is 41.5 Å². The fraction of sp³-hybridized carbons (Fsp3) is 0.409.